The monoisotopic (exact) mass is 328 g/mol. The van der Waals surface area contributed by atoms with Gasteiger partial charge in [0.2, 0.25) is 5.91 Å². The molecule has 1 N–H and O–H groups in total. The van der Waals surface area contributed by atoms with Crippen LogP contribution in [0.4, 0.5) is 5.69 Å². The van der Waals surface area contributed by atoms with Crippen molar-refractivity contribution in [3.8, 4) is 5.75 Å². The van der Waals surface area contributed by atoms with Gasteiger partial charge in [-0.15, -0.1) is 0 Å². The van der Waals surface area contributed by atoms with Crippen LogP contribution in [0.1, 0.15) is 6.92 Å². The number of carbonyl (C=O) groups excluding carboxylic acids is 1. The van der Waals surface area contributed by atoms with Crippen LogP contribution in [0, 0.1) is 0 Å². The molecule has 118 valence electrons. The Morgan fingerprint density at radius 1 is 1.22 bits per heavy atom. The number of anilines is 1. The van der Waals surface area contributed by atoms with Crippen molar-refractivity contribution in [1.82, 2.24) is 4.98 Å². The largest absolute Gasteiger partial charge is 0.495 e. The highest BCUT2D eigenvalue weighted by molar-refractivity contribution is 8.00. The summed E-state index contributed by atoms with van der Waals surface area (Å²) in [6.07, 6.45) is 0. The average Bonchev–Trinajstić information content (AvgIpc) is 2.97. The van der Waals surface area contributed by atoms with E-state index in [0.29, 0.717) is 22.2 Å². The Bertz CT molecular complexity index is 798. The zero-order valence-corrected chi connectivity index (χ0v) is 13.6. The van der Waals surface area contributed by atoms with Gasteiger partial charge in [0.25, 0.3) is 5.22 Å². The van der Waals surface area contributed by atoms with E-state index in [4.69, 9.17) is 9.15 Å². The number of nitrogens with one attached hydrogen (secondary N) is 1. The number of benzene rings is 2. The molecule has 1 amide bonds. The van der Waals surface area contributed by atoms with Crippen LogP contribution >= 0.6 is 11.8 Å². The summed E-state index contributed by atoms with van der Waals surface area (Å²) in [4.78, 5) is 16.7. The van der Waals surface area contributed by atoms with Crippen LogP contribution in [0.2, 0.25) is 0 Å². The van der Waals surface area contributed by atoms with Gasteiger partial charge in [0, 0.05) is 0 Å². The number of aromatic nitrogens is 1. The maximum Gasteiger partial charge on any atom is 0.257 e. The second-order valence-corrected chi connectivity index (χ2v) is 6.19. The van der Waals surface area contributed by atoms with E-state index in [1.54, 1.807) is 19.2 Å². The lowest BCUT2D eigenvalue weighted by Crippen LogP contribution is -2.22. The summed E-state index contributed by atoms with van der Waals surface area (Å²) in [7, 11) is 1.57. The van der Waals surface area contributed by atoms with Gasteiger partial charge < -0.3 is 14.5 Å². The number of para-hydroxylation sites is 4. The summed E-state index contributed by atoms with van der Waals surface area (Å²) in [6.45, 7) is 1.81. The molecule has 0 fully saturated rings. The van der Waals surface area contributed by atoms with Crippen molar-refractivity contribution in [1.29, 1.82) is 0 Å². The Morgan fingerprint density at radius 3 is 2.74 bits per heavy atom. The summed E-state index contributed by atoms with van der Waals surface area (Å²) in [5.74, 6) is 0.488. The van der Waals surface area contributed by atoms with Gasteiger partial charge in [0.1, 0.15) is 11.3 Å². The molecule has 3 aromatic rings. The first-order valence-corrected chi connectivity index (χ1v) is 8.01. The summed E-state index contributed by atoms with van der Waals surface area (Å²) in [5.41, 5.74) is 2.14. The first-order valence-electron chi connectivity index (χ1n) is 7.13. The van der Waals surface area contributed by atoms with Gasteiger partial charge in [-0.05, 0) is 31.2 Å². The number of nitrogens with zero attached hydrogens (tertiary/aromatic N) is 1. The molecule has 5 nitrogen and oxygen atoms in total. The maximum atomic E-state index is 12.3. The maximum absolute atomic E-state index is 12.3. The van der Waals surface area contributed by atoms with Crippen LogP contribution in [-0.2, 0) is 4.79 Å². The molecule has 0 radical (unpaired) electrons. The van der Waals surface area contributed by atoms with Crippen molar-refractivity contribution in [2.75, 3.05) is 12.4 Å². The van der Waals surface area contributed by atoms with Gasteiger partial charge in [-0.1, -0.05) is 36.0 Å². The highest BCUT2D eigenvalue weighted by Gasteiger charge is 2.19. The molecule has 1 unspecified atom stereocenters. The van der Waals surface area contributed by atoms with Crippen LogP contribution in [0.15, 0.2) is 58.2 Å². The van der Waals surface area contributed by atoms with E-state index in [-0.39, 0.29) is 11.2 Å². The molecule has 23 heavy (non-hydrogen) atoms. The first kappa shape index (κ1) is 15.4. The van der Waals surface area contributed by atoms with Crippen LogP contribution in [0.3, 0.4) is 0 Å². The SMILES string of the molecule is COc1ccccc1NC(=O)C(C)Sc1nc2ccccc2o1. The molecule has 0 saturated carbocycles. The summed E-state index contributed by atoms with van der Waals surface area (Å²) in [5, 5.41) is 2.99. The number of rotatable bonds is 5. The van der Waals surface area contributed by atoms with E-state index in [1.165, 1.54) is 11.8 Å². The quantitative estimate of drug-likeness (QED) is 0.718. The number of thioether (sulfide) groups is 1. The van der Waals surface area contributed by atoms with Crippen LogP contribution in [0.25, 0.3) is 11.1 Å². The molecule has 0 saturated heterocycles. The van der Waals surface area contributed by atoms with E-state index < -0.39 is 0 Å². The van der Waals surface area contributed by atoms with Crippen molar-refractivity contribution in [2.24, 2.45) is 0 Å². The molecule has 3 rings (SSSR count). The van der Waals surface area contributed by atoms with E-state index in [0.717, 1.165) is 5.52 Å². The normalized spacial score (nSPS) is 12.1. The molecule has 2 aromatic carbocycles. The van der Waals surface area contributed by atoms with E-state index >= 15 is 0 Å². The summed E-state index contributed by atoms with van der Waals surface area (Å²) < 4.78 is 10.9. The molecular formula is C17H16N2O3S. The lowest BCUT2D eigenvalue weighted by Gasteiger charge is -2.12. The summed E-state index contributed by atoms with van der Waals surface area (Å²) >= 11 is 1.28. The molecule has 0 aliphatic rings. The number of oxazole rings is 1. The predicted molar refractivity (Wildman–Crippen MR) is 91.0 cm³/mol. The van der Waals surface area contributed by atoms with E-state index in [1.807, 2.05) is 43.3 Å². The van der Waals surface area contributed by atoms with Crippen molar-refractivity contribution >= 4 is 34.5 Å². The molecular weight excluding hydrogens is 312 g/mol. The van der Waals surface area contributed by atoms with E-state index in [2.05, 4.69) is 10.3 Å². The van der Waals surface area contributed by atoms with Crippen molar-refractivity contribution < 1.29 is 13.9 Å². The fourth-order valence-electron chi connectivity index (χ4n) is 2.09. The Morgan fingerprint density at radius 2 is 1.96 bits per heavy atom. The number of fused-ring (bicyclic) bond motifs is 1. The molecule has 1 atom stereocenters. The minimum atomic E-state index is -0.354. The zero-order valence-electron chi connectivity index (χ0n) is 12.8. The number of amides is 1. The smallest absolute Gasteiger partial charge is 0.257 e. The number of methoxy groups -OCH3 is 1. The third-order valence-electron chi connectivity index (χ3n) is 3.29. The van der Waals surface area contributed by atoms with E-state index in [9.17, 15) is 4.79 Å². The van der Waals surface area contributed by atoms with Crippen molar-refractivity contribution in [2.45, 2.75) is 17.4 Å². The van der Waals surface area contributed by atoms with Gasteiger partial charge in [-0.3, -0.25) is 4.79 Å². The molecule has 0 aliphatic heterocycles. The van der Waals surface area contributed by atoms with Crippen LogP contribution in [0.5, 0.6) is 5.75 Å². The second kappa shape index (κ2) is 6.75. The number of ether oxygens (including phenoxy) is 1. The Labute approximate surface area is 138 Å². The zero-order chi connectivity index (χ0) is 16.2. The molecule has 0 spiro atoms. The minimum Gasteiger partial charge on any atom is -0.495 e. The van der Waals surface area contributed by atoms with Crippen LogP contribution in [-0.4, -0.2) is 23.3 Å². The number of hydrogen-bond donors (Lipinski definition) is 1. The molecule has 1 heterocycles. The fraction of sp³-hybridized carbons (Fsp3) is 0.176. The third kappa shape index (κ3) is 3.48. The molecule has 1 aromatic heterocycles. The van der Waals surface area contributed by atoms with Crippen LogP contribution < -0.4 is 10.1 Å². The van der Waals surface area contributed by atoms with Gasteiger partial charge >= 0.3 is 0 Å². The lowest BCUT2D eigenvalue weighted by atomic mass is 10.3. The molecule has 6 heteroatoms. The number of carbonyl (C=O) groups is 1. The standard InChI is InChI=1S/C17H16N2O3S/c1-11(16(20)18-12-7-3-5-9-14(12)21-2)23-17-19-13-8-4-6-10-15(13)22-17/h3-11H,1-2H3,(H,18,20). The highest BCUT2D eigenvalue weighted by atomic mass is 32.2. The second-order valence-electron chi connectivity index (χ2n) is 4.90. The lowest BCUT2D eigenvalue weighted by molar-refractivity contribution is -0.115. The predicted octanol–water partition coefficient (Wildman–Crippen LogP) is 3.96. The van der Waals surface area contributed by atoms with Gasteiger partial charge in [0.05, 0.1) is 18.0 Å². The highest BCUT2D eigenvalue weighted by Crippen LogP contribution is 2.28. The fourth-order valence-corrected chi connectivity index (χ4v) is 2.85. The van der Waals surface area contributed by atoms with Gasteiger partial charge in [-0.25, -0.2) is 4.98 Å². The minimum absolute atomic E-state index is 0.137. The average molecular weight is 328 g/mol. The van der Waals surface area contributed by atoms with Crippen molar-refractivity contribution in [3.05, 3.63) is 48.5 Å². The van der Waals surface area contributed by atoms with Crippen molar-refractivity contribution in [3.63, 3.8) is 0 Å². The first-order chi connectivity index (χ1) is 11.2. The number of hydrogen-bond acceptors (Lipinski definition) is 5. The molecule has 0 bridgehead atoms. The van der Waals surface area contributed by atoms with Gasteiger partial charge in [-0.2, -0.15) is 0 Å². The topological polar surface area (TPSA) is 64.4 Å². The Balaban J connectivity index is 1.69. The Kier molecular flexibility index (Phi) is 4.52. The Hall–Kier alpha value is -2.47. The third-order valence-corrected chi connectivity index (χ3v) is 4.23. The molecule has 0 aliphatic carbocycles. The van der Waals surface area contributed by atoms with Gasteiger partial charge in [0.15, 0.2) is 5.58 Å². The summed E-state index contributed by atoms with van der Waals surface area (Å²) in [6, 6.07) is 14.8.